The Bertz CT molecular complexity index is 675. The maximum Gasteiger partial charge on any atom is 0.385 e. The fourth-order valence-electron chi connectivity index (χ4n) is 1.39. The first-order valence-electron chi connectivity index (χ1n) is 5.80. The van der Waals surface area contributed by atoms with Crippen molar-refractivity contribution in [3.63, 3.8) is 0 Å². The molecule has 0 fully saturated rings. The van der Waals surface area contributed by atoms with Crippen molar-refractivity contribution in [1.82, 2.24) is 0 Å². The van der Waals surface area contributed by atoms with Crippen LogP contribution in [0.15, 0.2) is 54.6 Å². The van der Waals surface area contributed by atoms with Crippen LogP contribution in [-0.2, 0) is 15.9 Å². The highest BCUT2D eigenvalue weighted by Gasteiger charge is 1.98. The molecule has 0 aliphatic heterocycles. The molecular weight excluding hydrogens is 276 g/mol. The van der Waals surface area contributed by atoms with Crippen LogP contribution in [0.5, 0.6) is 0 Å². The highest BCUT2D eigenvalue weighted by atomic mass is 32.2. The van der Waals surface area contributed by atoms with Crippen LogP contribution in [0.4, 0.5) is 5.69 Å². The summed E-state index contributed by atoms with van der Waals surface area (Å²) in [5.41, 5.74) is 2.30. The lowest BCUT2D eigenvalue weighted by molar-refractivity contribution is 0.462. The Hall–Kier alpha value is -2.23. The van der Waals surface area contributed by atoms with Crippen LogP contribution in [0.2, 0.25) is 0 Å². The maximum atomic E-state index is 10.2. The summed E-state index contributed by atoms with van der Waals surface area (Å²) in [5, 5.41) is 8.25. The van der Waals surface area contributed by atoms with Crippen molar-refractivity contribution >= 4 is 15.8 Å². The summed E-state index contributed by atoms with van der Waals surface area (Å²) in [6, 6.07) is 15.7. The van der Waals surface area contributed by atoms with Crippen molar-refractivity contribution in [2.75, 3.05) is 0 Å². The Morgan fingerprint density at radius 1 is 1.05 bits per heavy atom. The number of diazo groups is 1. The average Bonchev–Trinajstić information content (AvgIpc) is 2.40. The summed E-state index contributed by atoms with van der Waals surface area (Å²) < 4.78 is 30.7. The number of hydrogen-bond acceptors (Lipinski definition) is 4. The van der Waals surface area contributed by atoms with Gasteiger partial charge in [-0.2, -0.15) is 0 Å². The molecule has 2 aromatic carbocycles. The standard InChI is InChI=1S/C7H7N2.C7H8O3S/c1-6-2-4-7(9-8)5-3-6;8-11(9,10)6-7-4-2-1-3-5-7/h2-5H,1H3;1-5H,6H2,(H,8,9,10)/q+1;/p-1. The first-order chi connectivity index (χ1) is 9.40. The summed E-state index contributed by atoms with van der Waals surface area (Å²) in [6.07, 6.45) is 0. The van der Waals surface area contributed by atoms with Gasteiger partial charge in [0.25, 0.3) is 0 Å². The van der Waals surface area contributed by atoms with Gasteiger partial charge in [-0.1, -0.05) is 48.0 Å². The SMILES string of the molecule is Cc1ccc([N+]#N)cc1.O=S(=O)([O-])Cc1ccccc1. The van der Waals surface area contributed by atoms with Gasteiger partial charge >= 0.3 is 5.69 Å². The zero-order valence-electron chi connectivity index (χ0n) is 10.9. The van der Waals surface area contributed by atoms with E-state index in [0.717, 1.165) is 0 Å². The zero-order valence-corrected chi connectivity index (χ0v) is 11.7. The molecule has 6 heteroatoms. The number of benzene rings is 2. The number of rotatable bonds is 2. The predicted molar refractivity (Wildman–Crippen MR) is 75.8 cm³/mol. The maximum absolute atomic E-state index is 10.2. The Balaban J connectivity index is 0.000000204. The topological polar surface area (TPSA) is 85.3 Å². The largest absolute Gasteiger partial charge is 0.748 e. The van der Waals surface area contributed by atoms with Crippen molar-refractivity contribution in [3.8, 4) is 0 Å². The van der Waals surface area contributed by atoms with Crippen LogP contribution in [0.1, 0.15) is 11.1 Å². The van der Waals surface area contributed by atoms with E-state index in [4.69, 9.17) is 5.39 Å². The third kappa shape index (κ3) is 6.64. The molecular formula is C14H14N2O3S. The van der Waals surface area contributed by atoms with Crippen molar-refractivity contribution in [2.45, 2.75) is 12.7 Å². The van der Waals surface area contributed by atoms with Gasteiger partial charge in [-0.15, -0.1) is 0 Å². The second-order valence-electron chi connectivity index (χ2n) is 4.12. The van der Waals surface area contributed by atoms with E-state index in [2.05, 4.69) is 4.98 Å². The van der Waals surface area contributed by atoms with Crippen LogP contribution in [0.25, 0.3) is 4.98 Å². The first kappa shape index (κ1) is 15.8. The molecule has 0 aliphatic rings. The van der Waals surface area contributed by atoms with Gasteiger partial charge in [-0.25, -0.2) is 8.42 Å². The summed E-state index contributed by atoms with van der Waals surface area (Å²) >= 11 is 0. The van der Waals surface area contributed by atoms with Gasteiger partial charge in [0.05, 0.1) is 15.9 Å². The number of nitrogens with zero attached hydrogens (tertiary/aromatic N) is 2. The van der Waals surface area contributed by atoms with E-state index in [1.807, 2.05) is 19.1 Å². The lowest BCUT2D eigenvalue weighted by Gasteiger charge is -2.05. The van der Waals surface area contributed by atoms with Crippen molar-refractivity contribution < 1.29 is 13.0 Å². The second kappa shape index (κ2) is 7.38. The summed E-state index contributed by atoms with van der Waals surface area (Å²) in [7, 11) is -4.13. The minimum Gasteiger partial charge on any atom is -0.748 e. The van der Waals surface area contributed by atoms with Crippen molar-refractivity contribution in [1.29, 1.82) is 5.39 Å². The molecule has 0 unspecified atom stereocenters. The Morgan fingerprint density at radius 3 is 2.05 bits per heavy atom. The smallest absolute Gasteiger partial charge is 0.385 e. The van der Waals surface area contributed by atoms with E-state index >= 15 is 0 Å². The molecule has 2 aromatic rings. The van der Waals surface area contributed by atoms with E-state index in [-0.39, 0.29) is 0 Å². The van der Waals surface area contributed by atoms with Crippen LogP contribution in [0.3, 0.4) is 0 Å². The fraction of sp³-hybridized carbons (Fsp3) is 0.143. The van der Waals surface area contributed by atoms with Crippen LogP contribution < -0.4 is 0 Å². The van der Waals surface area contributed by atoms with Crippen LogP contribution in [0, 0.1) is 12.3 Å². The lowest BCUT2D eigenvalue weighted by atomic mass is 10.2. The Kier molecular flexibility index (Phi) is 5.84. The minimum absolute atomic E-state index is 0.423. The Labute approximate surface area is 118 Å². The molecule has 0 N–H and O–H groups in total. The predicted octanol–water partition coefficient (Wildman–Crippen LogP) is 3.21. The van der Waals surface area contributed by atoms with E-state index < -0.39 is 15.9 Å². The van der Waals surface area contributed by atoms with Gasteiger partial charge in [0.15, 0.2) is 4.98 Å². The first-order valence-corrected chi connectivity index (χ1v) is 7.38. The lowest BCUT2D eigenvalue weighted by Crippen LogP contribution is -2.01. The van der Waals surface area contributed by atoms with E-state index in [1.54, 1.807) is 42.5 Å². The van der Waals surface area contributed by atoms with Crippen molar-refractivity contribution in [3.05, 3.63) is 70.7 Å². The third-order valence-electron chi connectivity index (χ3n) is 2.34. The summed E-state index contributed by atoms with van der Waals surface area (Å²) in [5.74, 6) is -0.423. The Morgan fingerprint density at radius 2 is 1.60 bits per heavy atom. The van der Waals surface area contributed by atoms with Crippen molar-refractivity contribution in [2.24, 2.45) is 0 Å². The number of hydrogen-bond donors (Lipinski definition) is 0. The fourth-order valence-corrected chi connectivity index (χ4v) is 1.99. The van der Waals surface area contributed by atoms with Gasteiger partial charge in [0, 0.05) is 12.1 Å². The molecule has 0 spiro atoms. The van der Waals surface area contributed by atoms with Gasteiger partial charge < -0.3 is 4.55 Å². The zero-order chi connectivity index (χ0) is 15.0. The number of aryl methyl sites for hydroxylation is 1. The molecule has 0 aromatic heterocycles. The minimum atomic E-state index is -4.13. The highest BCUT2D eigenvalue weighted by Crippen LogP contribution is 2.10. The van der Waals surface area contributed by atoms with Gasteiger partial charge in [0.2, 0.25) is 5.39 Å². The van der Waals surface area contributed by atoms with Gasteiger partial charge in [-0.05, 0) is 12.5 Å². The molecule has 2 rings (SSSR count). The highest BCUT2D eigenvalue weighted by molar-refractivity contribution is 7.84. The van der Waals surface area contributed by atoms with Crippen LogP contribution >= 0.6 is 0 Å². The van der Waals surface area contributed by atoms with Crippen LogP contribution in [-0.4, -0.2) is 13.0 Å². The molecule has 104 valence electrons. The monoisotopic (exact) mass is 290 g/mol. The molecule has 0 saturated carbocycles. The second-order valence-corrected chi connectivity index (χ2v) is 5.53. The summed E-state index contributed by atoms with van der Waals surface area (Å²) in [4.78, 5) is 3.01. The van der Waals surface area contributed by atoms with Gasteiger partial charge in [0.1, 0.15) is 0 Å². The van der Waals surface area contributed by atoms with E-state index in [1.165, 1.54) is 5.56 Å². The molecule has 0 saturated heterocycles. The molecule has 0 atom stereocenters. The molecule has 20 heavy (non-hydrogen) atoms. The molecule has 5 nitrogen and oxygen atoms in total. The third-order valence-corrected chi connectivity index (χ3v) is 3.02. The summed E-state index contributed by atoms with van der Waals surface area (Å²) in [6.45, 7) is 1.99. The normalized spacial score (nSPS) is 10.1. The molecule has 0 radical (unpaired) electrons. The molecule has 0 heterocycles. The molecule has 0 amide bonds. The van der Waals surface area contributed by atoms with E-state index in [0.29, 0.717) is 11.3 Å². The average molecular weight is 290 g/mol. The van der Waals surface area contributed by atoms with E-state index in [9.17, 15) is 13.0 Å². The molecule has 0 bridgehead atoms. The quantitative estimate of drug-likeness (QED) is 0.627. The van der Waals surface area contributed by atoms with Gasteiger partial charge in [-0.3, -0.25) is 0 Å². The molecule has 0 aliphatic carbocycles.